The number of fused-ring (bicyclic) bond motifs is 1. The molecule has 0 saturated heterocycles. The summed E-state index contributed by atoms with van der Waals surface area (Å²) < 4.78 is 15.0. The van der Waals surface area contributed by atoms with E-state index in [0.29, 0.717) is 13.1 Å². The van der Waals surface area contributed by atoms with Crippen molar-refractivity contribution in [3.8, 4) is 0 Å². The Morgan fingerprint density at radius 2 is 1.88 bits per heavy atom. The van der Waals surface area contributed by atoms with E-state index in [2.05, 4.69) is 10.3 Å². The fourth-order valence-corrected chi connectivity index (χ4v) is 2.93. The van der Waals surface area contributed by atoms with Crippen LogP contribution in [0.15, 0.2) is 42.5 Å². The molecule has 3 aromatic rings. The van der Waals surface area contributed by atoms with Gasteiger partial charge >= 0.3 is 0 Å². The second-order valence-electron chi connectivity index (χ2n) is 6.62. The molecular formula is C20H23FN4O. The number of likely N-dealkylation sites (N-methyl/N-ethyl adjacent to an activating group) is 1. The van der Waals surface area contributed by atoms with Crippen LogP contribution in [0.25, 0.3) is 11.0 Å². The molecule has 136 valence electrons. The molecular weight excluding hydrogens is 331 g/mol. The summed E-state index contributed by atoms with van der Waals surface area (Å²) in [5, 5.41) is 2.94. The second kappa shape index (κ2) is 7.66. The van der Waals surface area contributed by atoms with Gasteiger partial charge in [-0.15, -0.1) is 0 Å². The predicted octanol–water partition coefficient (Wildman–Crippen LogP) is 2.77. The number of nitrogens with zero attached hydrogens (tertiary/aromatic N) is 3. The molecule has 0 bridgehead atoms. The molecule has 0 aliphatic rings. The van der Waals surface area contributed by atoms with Gasteiger partial charge in [0.05, 0.1) is 17.6 Å². The Morgan fingerprint density at radius 3 is 2.62 bits per heavy atom. The first-order chi connectivity index (χ1) is 12.4. The van der Waals surface area contributed by atoms with Crippen LogP contribution in [0.3, 0.4) is 0 Å². The minimum Gasteiger partial charge on any atom is -0.351 e. The number of aromatic nitrogens is 2. The summed E-state index contributed by atoms with van der Waals surface area (Å²) in [5.74, 6) is 0.657. The molecule has 2 aromatic carbocycles. The third-order valence-electron chi connectivity index (χ3n) is 4.44. The third kappa shape index (κ3) is 4.26. The SMILES string of the molecule is Cc1nc2cc(CNC(=O)CN(C)Cc3ccc(F)cc3)ccc2n1C. The molecule has 0 radical (unpaired) electrons. The number of nitrogens with one attached hydrogen (secondary N) is 1. The molecule has 1 aromatic heterocycles. The van der Waals surface area contributed by atoms with Gasteiger partial charge in [-0.1, -0.05) is 18.2 Å². The van der Waals surface area contributed by atoms with E-state index in [1.807, 2.05) is 48.7 Å². The van der Waals surface area contributed by atoms with Crippen LogP contribution in [-0.2, 0) is 24.9 Å². The van der Waals surface area contributed by atoms with Crippen LogP contribution in [-0.4, -0.2) is 34.0 Å². The van der Waals surface area contributed by atoms with E-state index in [1.165, 1.54) is 12.1 Å². The highest BCUT2D eigenvalue weighted by molar-refractivity contribution is 5.79. The Balaban J connectivity index is 1.52. The number of carbonyl (C=O) groups is 1. The van der Waals surface area contributed by atoms with Gasteiger partial charge in [0.1, 0.15) is 11.6 Å². The van der Waals surface area contributed by atoms with E-state index in [0.717, 1.165) is 28.0 Å². The van der Waals surface area contributed by atoms with Crippen molar-refractivity contribution in [1.29, 1.82) is 0 Å². The molecule has 0 unspecified atom stereocenters. The third-order valence-corrected chi connectivity index (χ3v) is 4.44. The summed E-state index contributed by atoms with van der Waals surface area (Å²) in [6.45, 7) is 3.31. The highest BCUT2D eigenvalue weighted by Gasteiger charge is 2.09. The quantitative estimate of drug-likeness (QED) is 0.741. The van der Waals surface area contributed by atoms with Crippen LogP contribution >= 0.6 is 0 Å². The lowest BCUT2D eigenvalue weighted by atomic mass is 10.2. The number of rotatable bonds is 6. The van der Waals surface area contributed by atoms with Gasteiger partial charge in [0.15, 0.2) is 0 Å². The van der Waals surface area contributed by atoms with E-state index in [1.54, 1.807) is 12.1 Å². The topological polar surface area (TPSA) is 50.2 Å². The van der Waals surface area contributed by atoms with Crippen LogP contribution in [0.1, 0.15) is 17.0 Å². The Labute approximate surface area is 152 Å². The highest BCUT2D eigenvalue weighted by atomic mass is 19.1. The molecule has 1 N–H and O–H groups in total. The molecule has 6 heteroatoms. The van der Waals surface area contributed by atoms with Gasteiger partial charge in [0.25, 0.3) is 0 Å². The molecule has 0 saturated carbocycles. The van der Waals surface area contributed by atoms with Gasteiger partial charge in [0, 0.05) is 20.1 Å². The van der Waals surface area contributed by atoms with E-state index in [-0.39, 0.29) is 18.3 Å². The second-order valence-corrected chi connectivity index (χ2v) is 6.62. The van der Waals surface area contributed by atoms with Crippen LogP contribution in [0.4, 0.5) is 4.39 Å². The summed E-state index contributed by atoms with van der Waals surface area (Å²) in [6, 6.07) is 12.4. The Morgan fingerprint density at radius 1 is 1.19 bits per heavy atom. The van der Waals surface area contributed by atoms with Gasteiger partial charge in [-0.25, -0.2) is 9.37 Å². The van der Waals surface area contributed by atoms with Gasteiger partial charge in [0.2, 0.25) is 5.91 Å². The number of imidazole rings is 1. The molecule has 5 nitrogen and oxygen atoms in total. The molecule has 3 rings (SSSR count). The minimum absolute atomic E-state index is 0.0492. The van der Waals surface area contributed by atoms with Crippen LogP contribution in [0.5, 0.6) is 0 Å². The highest BCUT2D eigenvalue weighted by Crippen LogP contribution is 2.16. The number of hydrogen-bond acceptors (Lipinski definition) is 3. The zero-order valence-corrected chi connectivity index (χ0v) is 15.3. The molecule has 1 amide bonds. The summed E-state index contributed by atoms with van der Waals surface area (Å²) >= 11 is 0. The van der Waals surface area contributed by atoms with Crippen molar-refractivity contribution >= 4 is 16.9 Å². The van der Waals surface area contributed by atoms with Crippen LogP contribution in [0, 0.1) is 12.7 Å². The van der Waals surface area contributed by atoms with E-state index in [4.69, 9.17) is 0 Å². The van der Waals surface area contributed by atoms with Crippen LogP contribution < -0.4 is 5.32 Å². The molecule has 0 aliphatic carbocycles. The molecule has 0 spiro atoms. The fraction of sp³-hybridized carbons (Fsp3) is 0.300. The lowest BCUT2D eigenvalue weighted by molar-refractivity contribution is -0.122. The predicted molar refractivity (Wildman–Crippen MR) is 100 cm³/mol. The van der Waals surface area contributed by atoms with Crippen molar-refractivity contribution in [2.75, 3.05) is 13.6 Å². The van der Waals surface area contributed by atoms with Crippen molar-refractivity contribution < 1.29 is 9.18 Å². The van der Waals surface area contributed by atoms with Gasteiger partial charge in [-0.05, 0) is 49.4 Å². The Hall–Kier alpha value is -2.73. The summed E-state index contributed by atoms with van der Waals surface area (Å²) in [4.78, 5) is 18.6. The van der Waals surface area contributed by atoms with E-state index >= 15 is 0 Å². The first-order valence-corrected chi connectivity index (χ1v) is 8.54. The number of hydrogen-bond donors (Lipinski definition) is 1. The molecule has 1 heterocycles. The van der Waals surface area contributed by atoms with Crippen molar-refractivity contribution in [1.82, 2.24) is 19.8 Å². The van der Waals surface area contributed by atoms with Gasteiger partial charge in [-0.2, -0.15) is 0 Å². The van der Waals surface area contributed by atoms with Crippen molar-refractivity contribution in [3.05, 3.63) is 65.2 Å². The van der Waals surface area contributed by atoms with Gasteiger partial charge in [-0.3, -0.25) is 9.69 Å². The lowest BCUT2D eigenvalue weighted by Crippen LogP contribution is -2.34. The Bertz CT molecular complexity index is 917. The number of amides is 1. The number of halogens is 1. The summed E-state index contributed by atoms with van der Waals surface area (Å²) in [7, 11) is 3.86. The Kier molecular flexibility index (Phi) is 5.32. The first kappa shape index (κ1) is 18.1. The average Bonchev–Trinajstić information content (AvgIpc) is 2.89. The molecule has 0 aliphatic heterocycles. The number of aryl methyl sites for hydroxylation is 2. The smallest absolute Gasteiger partial charge is 0.234 e. The monoisotopic (exact) mass is 354 g/mol. The van der Waals surface area contributed by atoms with E-state index < -0.39 is 0 Å². The van der Waals surface area contributed by atoms with Crippen molar-refractivity contribution in [3.63, 3.8) is 0 Å². The number of carbonyl (C=O) groups excluding carboxylic acids is 1. The first-order valence-electron chi connectivity index (χ1n) is 8.54. The maximum Gasteiger partial charge on any atom is 0.234 e. The molecule has 0 fully saturated rings. The average molecular weight is 354 g/mol. The fourth-order valence-electron chi connectivity index (χ4n) is 2.93. The minimum atomic E-state index is -0.255. The van der Waals surface area contributed by atoms with Crippen molar-refractivity contribution in [2.45, 2.75) is 20.0 Å². The van der Waals surface area contributed by atoms with Crippen molar-refractivity contribution in [2.24, 2.45) is 7.05 Å². The molecule has 26 heavy (non-hydrogen) atoms. The summed E-state index contributed by atoms with van der Waals surface area (Å²) in [5.41, 5.74) is 4.00. The standard InChI is InChI=1S/C20H23FN4O/c1-14-23-18-10-16(6-9-19(18)25(14)3)11-22-20(26)13-24(2)12-15-4-7-17(21)8-5-15/h4-10H,11-13H2,1-3H3,(H,22,26). The largest absolute Gasteiger partial charge is 0.351 e. The normalized spacial score (nSPS) is 11.3. The molecule has 0 atom stereocenters. The number of benzene rings is 2. The summed E-state index contributed by atoms with van der Waals surface area (Å²) in [6.07, 6.45) is 0. The van der Waals surface area contributed by atoms with Crippen LogP contribution in [0.2, 0.25) is 0 Å². The zero-order valence-electron chi connectivity index (χ0n) is 15.3. The maximum absolute atomic E-state index is 12.9. The zero-order chi connectivity index (χ0) is 18.7. The lowest BCUT2D eigenvalue weighted by Gasteiger charge is -2.16. The maximum atomic E-state index is 12.9. The van der Waals surface area contributed by atoms with E-state index in [9.17, 15) is 9.18 Å². The van der Waals surface area contributed by atoms with Gasteiger partial charge < -0.3 is 9.88 Å².